The first-order valence-corrected chi connectivity index (χ1v) is 6.92. The van der Waals surface area contributed by atoms with Gasteiger partial charge in [-0.15, -0.1) is 0 Å². The molecule has 0 aliphatic carbocycles. The van der Waals surface area contributed by atoms with Crippen LogP contribution in [0, 0.1) is 11.3 Å². The van der Waals surface area contributed by atoms with Crippen LogP contribution in [0.25, 0.3) is 0 Å². The van der Waals surface area contributed by atoms with Gasteiger partial charge >= 0.3 is 6.18 Å². The van der Waals surface area contributed by atoms with Gasteiger partial charge in [0, 0.05) is 6.04 Å². The van der Waals surface area contributed by atoms with Gasteiger partial charge in [0.25, 0.3) is 0 Å². The van der Waals surface area contributed by atoms with Gasteiger partial charge in [-0.25, -0.2) is 0 Å². The molecule has 2 unspecified atom stereocenters. The number of hydrogen-bond acceptors (Lipinski definition) is 1. The molecule has 2 atom stereocenters. The lowest BCUT2D eigenvalue weighted by Crippen LogP contribution is -2.21. The summed E-state index contributed by atoms with van der Waals surface area (Å²) in [5.74, 6) is 0.284. The molecule has 20 heavy (non-hydrogen) atoms. The number of halogens is 3. The number of hydrogen-bond donors (Lipinski definition) is 1. The van der Waals surface area contributed by atoms with Gasteiger partial charge in [-0.3, -0.25) is 0 Å². The fraction of sp³-hybridized carbons (Fsp3) is 0.625. The molecule has 2 N–H and O–H groups in total. The molecular formula is C16H24F3N. The molecule has 0 radical (unpaired) electrons. The zero-order valence-corrected chi connectivity index (χ0v) is 12.6. The minimum absolute atomic E-state index is 0.155. The molecule has 0 heterocycles. The van der Waals surface area contributed by atoms with Gasteiger partial charge in [-0.1, -0.05) is 45.9 Å². The van der Waals surface area contributed by atoms with Crippen molar-refractivity contribution in [2.45, 2.75) is 52.8 Å². The van der Waals surface area contributed by atoms with Crippen molar-refractivity contribution in [3.05, 3.63) is 35.4 Å². The minimum Gasteiger partial charge on any atom is -0.324 e. The maximum absolute atomic E-state index is 13.0. The van der Waals surface area contributed by atoms with Gasteiger partial charge in [-0.2, -0.15) is 13.2 Å². The fourth-order valence-corrected chi connectivity index (χ4v) is 2.77. The number of rotatable bonds is 4. The van der Waals surface area contributed by atoms with E-state index in [2.05, 4.69) is 20.8 Å². The van der Waals surface area contributed by atoms with Gasteiger partial charge in [0.1, 0.15) is 0 Å². The molecule has 0 saturated heterocycles. The number of nitrogens with two attached hydrogens (primary N) is 1. The summed E-state index contributed by atoms with van der Waals surface area (Å²) in [6.07, 6.45) is -2.85. The van der Waals surface area contributed by atoms with E-state index >= 15 is 0 Å². The molecule has 0 aliphatic heterocycles. The molecule has 1 aromatic carbocycles. The summed E-state index contributed by atoms with van der Waals surface area (Å²) in [4.78, 5) is 0. The molecular weight excluding hydrogens is 263 g/mol. The highest BCUT2D eigenvalue weighted by atomic mass is 19.4. The van der Waals surface area contributed by atoms with E-state index in [1.165, 1.54) is 12.1 Å². The van der Waals surface area contributed by atoms with E-state index in [-0.39, 0.29) is 16.9 Å². The predicted octanol–water partition coefficient (Wildman–Crippen LogP) is 5.17. The lowest BCUT2D eigenvalue weighted by molar-refractivity contribution is -0.138. The Morgan fingerprint density at radius 2 is 1.65 bits per heavy atom. The van der Waals surface area contributed by atoms with Crippen molar-refractivity contribution in [3.8, 4) is 0 Å². The summed E-state index contributed by atoms with van der Waals surface area (Å²) in [5.41, 5.74) is 5.75. The molecule has 0 aromatic heterocycles. The number of alkyl halides is 3. The van der Waals surface area contributed by atoms with Gasteiger partial charge in [0.15, 0.2) is 0 Å². The van der Waals surface area contributed by atoms with Crippen molar-refractivity contribution in [1.29, 1.82) is 0 Å². The van der Waals surface area contributed by atoms with Crippen molar-refractivity contribution in [1.82, 2.24) is 0 Å². The zero-order chi connectivity index (χ0) is 15.6. The first-order valence-electron chi connectivity index (χ1n) is 6.92. The average Bonchev–Trinajstić information content (AvgIpc) is 2.25. The Bertz CT molecular complexity index is 432. The average molecular weight is 287 g/mol. The molecule has 0 spiro atoms. The van der Waals surface area contributed by atoms with E-state index in [1.54, 1.807) is 6.07 Å². The van der Waals surface area contributed by atoms with Crippen LogP contribution in [0.1, 0.15) is 57.7 Å². The molecule has 4 heteroatoms. The topological polar surface area (TPSA) is 26.0 Å². The van der Waals surface area contributed by atoms with Crippen molar-refractivity contribution in [3.63, 3.8) is 0 Å². The molecule has 0 aliphatic rings. The van der Waals surface area contributed by atoms with Crippen LogP contribution in [0.15, 0.2) is 24.3 Å². The highest BCUT2D eigenvalue weighted by Crippen LogP contribution is 2.36. The maximum atomic E-state index is 13.0. The third kappa shape index (κ3) is 5.16. The minimum atomic E-state index is -4.35. The largest absolute Gasteiger partial charge is 0.416 e. The van der Waals surface area contributed by atoms with Crippen molar-refractivity contribution in [2.24, 2.45) is 17.1 Å². The molecule has 1 rings (SSSR count). The Morgan fingerprint density at radius 1 is 1.10 bits per heavy atom. The van der Waals surface area contributed by atoms with Crippen LogP contribution in [-0.4, -0.2) is 0 Å². The third-order valence-electron chi connectivity index (χ3n) is 3.28. The van der Waals surface area contributed by atoms with E-state index in [0.717, 1.165) is 12.5 Å². The van der Waals surface area contributed by atoms with Gasteiger partial charge in [-0.05, 0) is 35.8 Å². The van der Waals surface area contributed by atoms with E-state index in [0.29, 0.717) is 6.42 Å². The SMILES string of the molecule is CC(CC(N)c1ccccc1C(F)(F)F)CC(C)(C)C. The molecule has 0 fully saturated rings. The highest BCUT2D eigenvalue weighted by molar-refractivity contribution is 5.32. The summed E-state index contributed by atoms with van der Waals surface area (Å²) in [5, 5.41) is 0. The lowest BCUT2D eigenvalue weighted by Gasteiger charge is -2.26. The second-order valence-corrected chi connectivity index (χ2v) is 6.80. The second-order valence-electron chi connectivity index (χ2n) is 6.80. The summed E-state index contributed by atoms with van der Waals surface area (Å²) < 4.78 is 38.9. The van der Waals surface area contributed by atoms with Crippen LogP contribution in [0.2, 0.25) is 0 Å². The van der Waals surface area contributed by atoms with Crippen molar-refractivity contribution in [2.75, 3.05) is 0 Å². The third-order valence-corrected chi connectivity index (χ3v) is 3.28. The summed E-state index contributed by atoms with van der Waals surface area (Å²) in [6.45, 7) is 8.41. The first-order chi connectivity index (χ1) is 9.00. The number of benzene rings is 1. The van der Waals surface area contributed by atoms with Gasteiger partial charge in [0.2, 0.25) is 0 Å². The maximum Gasteiger partial charge on any atom is 0.416 e. The van der Waals surface area contributed by atoms with Crippen LogP contribution in [-0.2, 0) is 6.18 Å². The predicted molar refractivity (Wildman–Crippen MR) is 76.2 cm³/mol. The lowest BCUT2D eigenvalue weighted by atomic mass is 9.81. The summed E-state index contributed by atoms with van der Waals surface area (Å²) in [6, 6.07) is 5.02. The molecule has 114 valence electrons. The standard InChI is InChI=1S/C16H24F3N/c1-11(10-15(2,3)4)9-14(20)12-7-5-6-8-13(12)16(17,18)19/h5-8,11,14H,9-10,20H2,1-4H3. The Kier molecular flexibility index (Phi) is 5.25. The molecule has 0 bridgehead atoms. The molecule has 1 nitrogen and oxygen atoms in total. The normalized spacial score (nSPS) is 16.0. The Labute approximate surface area is 119 Å². The smallest absolute Gasteiger partial charge is 0.324 e. The van der Waals surface area contributed by atoms with Crippen LogP contribution in [0.5, 0.6) is 0 Å². The van der Waals surface area contributed by atoms with Crippen LogP contribution < -0.4 is 5.73 Å². The Morgan fingerprint density at radius 3 is 2.15 bits per heavy atom. The van der Waals surface area contributed by atoms with E-state index < -0.39 is 17.8 Å². The van der Waals surface area contributed by atoms with Gasteiger partial charge in [0.05, 0.1) is 5.56 Å². The van der Waals surface area contributed by atoms with E-state index in [9.17, 15) is 13.2 Å². The quantitative estimate of drug-likeness (QED) is 0.812. The molecule has 0 amide bonds. The molecule has 1 aromatic rings. The van der Waals surface area contributed by atoms with Crippen LogP contribution in [0.3, 0.4) is 0 Å². The summed E-state index contributed by atoms with van der Waals surface area (Å²) >= 11 is 0. The second kappa shape index (κ2) is 6.17. The summed E-state index contributed by atoms with van der Waals surface area (Å²) in [7, 11) is 0. The van der Waals surface area contributed by atoms with Crippen LogP contribution >= 0.6 is 0 Å². The van der Waals surface area contributed by atoms with Crippen molar-refractivity contribution >= 4 is 0 Å². The van der Waals surface area contributed by atoms with Gasteiger partial charge < -0.3 is 5.73 Å². The van der Waals surface area contributed by atoms with Crippen molar-refractivity contribution < 1.29 is 13.2 Å². The molecule has 0 saturated carbocycles. The monoisotopic (exact) mass is 287 g/mol. The zero-order valence-electron chi connectivity index (χ0n) is 12.6. The fourth-order valence-electron chi connectivity index (χ4n) is 2.77. The highest BCUT2D eigenvalue weighted by Gasteiger charge is 2.34. The Hall–Kier alpha value is -1.03. The Balaban J connectivity index is 2.86. The first kappa shape index (κ1) is 17.0. The van der Waals surface area contributed by atoms with E-state index in [4.69, 9.17) is 5.73 Å². The van der Waals surface area contributed by atoms with E-state index in [1.807, 2.05) is 6.92 Å². The van der Waals surface area contributed by atoms with Crippen LogP contribution in [0.4, 0.5) is 13.2 Å².